The zero-order valence-electron chi connectivity index (χ0n) is 6.96. The van der Waals surface area contributed by atoms with E-state index in [4.69, 9.17) is 0 Å². The largest absolute Gasteiger partial charge is 0.358 e. The maximum absolute atomic E-state index is 11.5. The van der Waals surface area contributed by atoms with Gasteiger partial charge in [-0.3, -0.25) is 4.79 Å². The molecule has 12 heavy (non-hydrogen) atoms. The number of hydrogen-bond donors (Lipinski definition) is 1. The second-order valence-corrected chi connectivity index (χ2v) is 4.09. The quantitative estimate of drug-likeness (QED) is 0.736. The fraction of sp³-hybridized carbons (Fsp3) is 0.444. The monoisotopic (exact) mass is 181 g/mol. The first-order valence-electron chi connectivity index (χ1n) is 4.06. The van der Waals surface area contributed by atoms with Crippen molar-refractivity contribution in [1.29, 1.82) is 0 Å². The number of nitrogens with one attached hydrogen (secondary N) is 1. The van der Waals surface area contributed by atoms with Crippen molar-refractivity contribution in [2.45, 2.75) is 18.3 Å². The van der Waals surface area contributed by atoms with E-state index in [0.717, 1.165) is 12.8 Å². The maximum Gasteiger partial charge on any atom is 0.231 e. The first-order valence-corrected chi connectivity index (χ1v) is 4.94. The summed E-state index contributed by atoms with van der Waals surface area (Å²) in [4.78, 5) is 12.7. The van der Waals surface area contributed by atoms with Crippen molar-refractivity contribution in [3.8, 4) is 0 Å². The Kier molecular flexibility index (Phi) is 1.68. The zero-order chi connectivity index (χ0) is 8.60. The molecule has 64 valence electrons. The van der Waals surface area contributed by atoms with E-state index >= 15 is 0 Å². The fourth-order valence-electron chi connectivity index (χ4n) is 1.50. The van der Waals surface area contributed by atoms with Crippen LogP contribution >= 0.6 is 11.3 Å². The van der Waals surface area contributed by atoms with E-state index in [1.165, 1.54) is 4.88 Å². The highest BCUT2D eigenvalue weighted by molar-refractivity contribution is 7.10. The Morgan fingerprint density at radius 2 is 2.42 bits per heavy atom. The van der Waals surface area contributed by atoms with Gasteiger partial charge in [-0.2, -0.15) is 0 Å². The lowest BCUT2D eigenvalue weighted by Crippen LogP contribution is -2.31. The molecular weight excluding hydrogens is 170 g/mol. The van der Waals surface area contributed by atoms with Crippen molar-refractivity contribution in [3.63, 3.8) is 0 Å². The number of likely N-dealkylation sites (N-methyl/N-ethyl adjacent to an activating group) is 1. The predicted molar refractivity (Wildman–Crippen MR) is 49.3 cm³/mol. The molecule has 1 saturated carbocycles. The van der Waals surface area contributed by atoms with Gasteiger partial charge in [0.05, 0.1) is 5.41 Å². The van der Waals surface area contributed by atoms with Crippen LogP contribution in [0.4, 0.5) is 0 Å². The molecule has 1 heterocycles. The Labute approximate surface area is 75.6 Å². The summed E-state index contributed by atoms with van der Waals surface area (Å²) in [6.45, 7) is 0. The van der Waals surface area contributed by atoms with Crippen molar-refractivity contribution in [3.05, 3.63) is 22.4 Å². The highest BCUT2D eigenvalue weighted by Crippen LogP contribution is 2.49. The molecule has 3 heteroatoms. The van der Waals surface area contributed by atoms with Crippen molar-refractivity contribution in [1.82, 2.24) is 5.32 Å². The molecule has 1 aromatic rings. The van der Waals surface area contributed by atoms with E-state index in [1.807, 2.05) is 17.5 Å². The summed E-state index contributed by atoms with van der Waals surface area (Å²) in [5.74, 6) is 0.171. The van der Waals surface area contributed by atoms with Crippen LogP contribution < -0.4 is 5.32 Å². The first kappa shape index (κ1) is 7.80. The van der Waals surface area contributed by atoms with Crippen LogP contribution in [-0.2, 0) is 10.2 Å². The van der Waals surface area contributed by atoms with Gasteiger partial charge >= 0.3 is 0 Å². The maximum atomic E-state index is 11.5. The molecular formula is C9H11NOS. The highest BCUT2D eigenvalue weighted by atomic mass is 32.1. The molecule has 1 aliphatic rings. The van der Waals surface area contributed by atoms with Crippen molar-refractivity contribution in [2.75, 3.05) is 7.05 Å². The average Bonchev–Trinajstić information content (AvgIpc) is 2.73. The number of carbonyl (C=O) groups is 1. The lowest BCUT2D eigenvalue weighted by Gasteiger charge is -2.10. The third-order valence-electron chi connectivity index (χ3n) is 2.40. The van der Waals surface area contributed by atoms with Gasteiger partial charge < -0.3 is 5.32 Å². The summed E-state index contributed by atoms with van der Waals surface area (Å²) in [7, 11) is 1.70. The van der Waals surface area contributed by atoms with E-state index in [2.05, 4.69) is 5.32 Å². The Morgan fingerprint density at radius 1 is 1.67 bits per heavy atom. The minimum Gasteiger partial charge on any atom is -0.358 e. The average molecular weight is 181 g/mol. The van der Waals surface area contributed by atoms with Gasteiger partial charge in [0.2, 0.25) is 5.91 Å². The Morgan fingerprint density at radius 3 is 2.83 bits per heavy atom. The van der Waals surface area contributed by atoms with Crippen LogP contribution in [0.2, 0.25) is 0 Å². The predicted octanol–water partition coefficient (Wildman–Crippen LogP) is 1.53. The highest BCUT2D eigenvalue weighted by Gasteiger charge is 2.51. The molecule has 0 atom stereocenters. The van der Waals surface area contributed by atoms with Crippen molar-refractivity contribution >= 4 is 17.2 Å². The SMILES string of the molecule is CNC(=O)C1(c2cccs2)CC1. The minimum absolute atomic E-state index is 0.150. The van der Waals surface area contributed by atoms with Crippen LogP contribution in [-0.4, -0.2) is 13.0 Å². The fourth-order valence-corrected chi connectivity index (χ4v) is 2.48. The van der Waals surface area contributed by atoms with Crippen LogP contribution in [0.15, 0.2) is 17.5 Å². The molecule has 1 N–H and O–H groups in total. The first-order chi connectivity index (χ1) is 5.79. The molecule has 1 fully saturated rings. The molecule has 1 aliphatic carbocycles. The molecule has 0 aliphatic heterocycles. The lowest BCUT2D eigenvalue weighted by molar-refractivity contribution is -0.123. The number of hydrogen-bond acceptors (Lipinski definition) is 2. The normalized spacial score (nSPS) is 18.8. The van der Waals surface area contributed by atoms with Crippen LogP contribution in [0.3, 0.4) is 0 Å². The van der Waals surface area contributed by atoms with Crippen molar-refractivity contribution < 1.29 is 4.79 Å². The van der Waals surface area contributed by atoms with Gasteiger partial charge in [0.15, 0.2) is 0 Å². The molecule has 1 amide bonds. The van der Waals surface area contributed by atoms with E-state index in [-0.39, 0.29) is 11.3 Å². The van der Waals surface area contributed by atoms with E-state index in [1.54, 1.807) is 18.4 Å². The number of thiophene rings is 1. The molecule has 0 spiro atoms. The van der Waals surface area contributed by atoms with Gasteiger partial charge in [0.1, 0.15) is 0 Å². The molecule has 2 nitrogen and oxygen atoms in total. The molecule has 0 saturated heterocycles. The van der Waals surface area contributed by atoms with Crippen LogP contribution in [0.1, 0.15) is 17.7 Å². The number of amides is 1. The summed E-state index contributed by atoms with van der Waals surface area (Å²) in [6.07, 6.45) is 2.01. The van der Waals surface area contributed by atoms with Crippen LogP contribution in [0, 0.1) is 0 Å². The summed E-state index contributed by atoms with van der Waals surface area (Å²) < 4.78 is 0. The molecule has 2 rings (SSSR count). The lowest BCUT2D eigenvalue weighted by atomic mass is 10.0. The Balaban J connectivity index is 2.28. The summed E-state index contributed by atoms with van der Waals surface area (Å²) in [5.41, 5.74) is -0.150. The van der Waals surface area contributed by atoms with E-state index < -0.39 is 0 Å². The van der Waals surface area contributed by atoms with Gasteiger partial charge in [-0.25, -0.2) is 0 Å². The van der Waals surface area contributed by atoms with Gasteiger partial charge in [0.25, 0.3) is 0 Å². The van der Waals surface area contributed by atoms with Gasteiger partial charge in [-0.15, -0.1) is 11.3 Å². The van der Waals surface area contributed by atoms with E-state index in [0.29, 0.717) is 0 Å². The second-order valence-electron chi connectivity index (χ2n) is 3.14. The number of carbonyl (C=O) groups excluding carboxylic acids is 1. The standard InChI is InChI=1S/C9H11NOS/c1-10-8(11)9(4-5-9)7-3-2-6-12-7/h2-3,6H,4-5H2,1H3,(H,10,11). The molecule has 0 unspecified atom stereocenters. The second kappa shape index (κ2) is 2.59. The molecule has 1 aromatic heterocycles. The van der Waals surface area contributed by atoms with Gasteiger partial charge in [-0.1, -0.05) is 6.07 Å². The van der Waals surface area contributed by atoms with Crippen molar-refractivity contribution in [2.24, 2.45) is 0 Å². The zero-order valence-corrected chi connectivity index (χ0v) is 7.78. The molecule has 0 radical (unpaired) electrons. The summed E-state index contributed by atoms with van der Waals surface area (Å²) in [5, 5.41) is 4.75. The molecule has 0 bridgehead atoms. The smallest absolute Gasteiger partial charge is 0.231 e. The summed E-state index contributed by atoms with van der Waals surface area (Å²) in [6, 6.07) is 4.05. The Hall–Kier alpha value is -0.830. The number of rotatable bonds is 2. The van der Waals surface area contributed by atoms with Gasteiger partial charge in [0, 0.05) is 11.9 Å². The Bertz CT molecular complexity index is 287. The van der Waals surface area contributed by atoms with Crippen LogP contribution in [0.5, 0.6) is 0 Å². The summed E-state index contributed by atoms with van der Waals surface area (Å²) >= 11 is 1.68. The topological polar surface area (TPSA) is 29.1 Å². The van der Waals surface area contributed by atoms with Gasteiger partial charge in [-0.05, 0) is 24.3 Å². The third-order valence-corrected chi connectivity index (χ3v) is 3.48. The van der Waals surface area contributed by atoms with E-state index in [9.17, 15) is 4.79 Å². The molecule has 0 aromatic carbocycles. The van der Waals surface area contributed by atoms with Crippen LogP contribution in [0.25, 0.3) is 0 Å². The minimum atomic E-state index is -0.150. The third kappa shape index (κ3) is 0.966.